The monoisotopic (exact) mass is 381 g/mol. The van der Waals surface area contributed by atoms with E-state index in [4.69, 9.17) is 4.74 Å². The van der Waals surface area contributed by atoms with Gasteiger partial charge in [-0.3, -0.25) is 4.79 Å². The topological polar surface area (TPSA) is 81.7 Å². The number of rotatable bonds is 5. The number of esters is 2. The molecule has 136 valence electrons. The normalized spacial score (nSPS) is 10.1. The predicted molar refractivity (Wildman–Crippen MR) is 101 cm³/mol. The molecule has 27 heavy (non-hydrogen) atoms. The van der Waals surface area contributed by atoms with Crippen LogP contribution in [0.1, 0.15) is 30.4 Å². The molecule has 0 bridgehead atoms. The number of ether oxygens (including phenoxy) is 2. The third-order valence-electron chi connectivity index (χ3n) is 3.61. The van der Waals surface area contributed by atoms with Gasteiger partial charge in [-0.1, -0.05) is 6.07 Å². The molecule has 0 radical (unpaired) electrons. The lowest BCUT2D eigenvalue weighted by Crippen LogP contribution is -2.11. The Morgan fingerprint density at radius 1 is 0.852 bits per heavy atom. The van der Waals surface area contributed by atoms with E-state index in [0.29, 0.717) is 27.4 Å². The number of amides is 1. The van der Waals surface area contributed by atoms with Crippen LogP contribution in [0.4, 0.5) is 5.69 Å². The summed E-state index contributed by atoms with van der Waals surface area (Å²) < 4.78 is 9.88. The quantitative estimate of drug-likeness (QED) is 0.533. The Kier molecular flexibility index (Phi) is 5.63. The lowest BCUT2D eigenvalue weighted by atomic mass is 10.2. The van der Waals surface area contributed by atoms with Gasteiger partial charge in [-0.2, -0.15) is 0 Å². The minimum absolute atomic E-state index is 0.203. The van der Waals surface area contributed by atoms with Crippen molar-refractivity contribution < 1.29 is 23.9 Å². The molecule has 3 aromatic rings. The van der Waals surface area contributed by atoms with Crippen LogP contribution in [0.3, 0.4) is 0 Å². The molecule has 0 spiro atoms. The summed E-state index contributed by atoms with van der Waals surface area (Å²) in [5, 5.41) is 4.58. The van der Waals surface area contributed by atoms with E-state index in [2.05, 4.69) is 10.1 Å². The van der Waals surface area contributed by atoms with Crippen molar-refractivity contribution in [1.29, 1.82) is 0 Å². The maximum Gasteiger partial charge on any atom is 0.343 e. The van der Waals surface area contributed by atoms with E-state index in [1.807, 2.05) is 5.38 Å². The van der Waals surface area contributed by atoms with Gasteiger partial charge in [-0.15, -0.1) is 11.3 Å². The first-order valence-corrected chi connectivity index (χ1v) is 8.80. The van der Waals surface area contributed by atoms with Crippen LogP contribution in [0.2, 0.25) is 0 Å². The lowest BCUT2D eigenvalue weighted by molar-refractivity contribution is 0.0600. The van der Waals surface area contributed by atoms with Crippen LogP contribution in [-0.4, -0.2) is 25.0 Å². The first-order chi connectivity index (χ1) is 13.1. The van der Waals surface area contributed by atoms with Crippen molar-refractivity contribution in [2.75, 3.05) is 12.4 Å². The fourth-order valence-electron chi connectivity index (χ4n) is 2.23. The molecule has 7 heteroatoms. The van der Waals surface area contributed by atoms with Gasteiger partial charge in [0.05, 0.1) is 23.1 Å². The summed E-state index contributed by atoms with van der Waals surface area (Å²) in [6, 6.07) is 16.0. The van der Waals surface area contributed by atoms with Gasteiger partial charge < -0.3 is 14.8 Å². The second kappa shape index (κ2) is 8.29. The van der Waals surface area contributed by atoms with E-state index in [-0.39, 0.29) is 5.91 Å². The zero-order valence-electron chi connectivity index (χ0n) is 14.3. The Labute approximate surface area is 159 Å². The van der Waals surface area contributed by atoms with E-state index < -0.39 is 11.9 Å². The van der Waals surface area contributed by atoms with Crippen LogP contribution in [0.5, 0.6) is 5.75 Å². The van der Waals surface area contributed by atoms with Crippen LogP contribution in [0.25, 0.3) is 0 Å². The van der Waals surface area contributed by atoms with Crippen LogP contribution in [0.15, 0.2) is 66.0 Å². The highest BCUT2D eigenvalue weighted by molar-refractivity contribution is 7.12. The number of methoxy groups -OCH3 is 1. The summed E-state index contributed by atoms with van der Waals surface area (Å²) in [5.41, 5.74) is 1.27. The Balaban J connectivity index is 1.62. The van der Waals surface area contributed by atoms with E-state index in [1.165, 1.54) is 42.7 Å². The molecule has 0 saturated heterocycles. The van der Waals surface area contributed by atoms with Crippen molar-refractivity contribution in [2.24, 2.45) is 0 Å². The summed E-state index contributed by atoms with van der Waals surface area (Å²) >= 11 is 1.35. The third-order valence-corrected chi connectivity index (χ3v) is 4.48. The maximum atomic E-state index is 12.2. The summed E-state index contributed by atoms with van der Waals surface area (Å²) in [6.45, 7) is 0. The molecule has 1 N–H and O–H groups in total. The number of hydrogen-bond donors (Lipinski definition) is 1. The van der Waals surface area contributed by atoms with Gasteiger partial charge in [0.1, 0.15) is 5.75 Å². The smallest absolute Gasteiger partial charge is 0.343 e. The standard InChI is InChI=1S/C20H15NO5S/c1-25-19(23)13-6-10-16(11-7-13)26-20(24)14-4-8-15(9-5-14)21-18(22)17-3-2-12-27-17/h2-12H,1H3,(H,21,22). The fraction of sp³-hybridized carbons (Fsp3) is 0.0500. The molecule has 0 aliphatic carbocycles. The van der Waals surface area contributed by atoms with Crippen molar-refractivity contribution in [1.82, 2.24) is 0 Å². The van der Waals surface area contributed by atoms with Crippen LogP contribution in [0, 0.1) is 0 Å². The SMILES string of the molecule is COC(=O)c1ccc(OC(=O)c2ccc(NC(=O)c3cccs3)cc2)cc1. The zero-order valence-corrected chi connectivity index (χ0v) is 15.1. The van der Waals surface area contributed by atoms with Gasteiger partial charge in [0.15, 0.2) is 0 Å². The maximum absolute atomic E-state index is 12.2. The number of thiophene rings is 1. The first-order valence-electron chi connectivity index (χ1n) is 7.92. The number of carbonyl (C=O) groups is 3. The van der Waals surface area contributed by atoms with Gasteiger partial charge in [-0.05, 0) is 60.0 Å². The molecule has 2 aromatic carbocycles. The lowest BCUT2D eigenvalue weighted by Gasteiger charge is -2.07. The third kappa shape index (κ3) is 4.59. The largest absolute Gasteiger partial charge is 0.465 e. The molecular weight excluding hydrogens is 366 g/mol. The van der Waals surface area contributed by atoms with Gasteiger partial charge in [0.25, 0.3) is 5.91 Å². The van der Waals surface area contributed by atoms with Crippen molar-refractivity contribution in [2.45, 2.75) is 0 Å². The molecule has 6 nitrogen and oxygen atoms in total. The van der Waals surface area contributed by atoms with Crippen molar-refractivity contribution in [3.63, 3.8) is 0 Å². The van der Waals surface area contributed by atoms with E-state index in [1.54, 1.807) is 36.4 Å². The second-order valence-corrected chi connectivity index (χ2v) is 6.36. The van der Waals surface area contributed by atoms with E-state index >= 15 is 0 Å². The van der Waals surface area contributed by atoms with Gasteiger partial charge >= 0.3 is 11.9 Å². The molecule has 0 aliphatic heterocycles. The van der Waals surface area contributed by atoms with Crippen LogP contribution >= 0.6 is 11.3 Å². The first kappa shape index (κ1) is 18.3. The summed E-state index contributed by atoms with van der Waals surface area (Å²) in [5.74, 6) is -0.904. The average molecular weight is 381 g/mol. The van der Waals surface area contributed by atoms with Gasteiger partial charge in [0, 0.05) is 5.69 Å². The average Bonchev–Trinajstić information content (AvgIpc) is 3.23. The summed E-state index contributed by atoms with van der Waals surface area (Å²) in [4.78, 5) is 36.2. The summed E-state index contributed by atoms with van der Waals surface area (Å²) in [6.07, 6.45) is 0. The van der Waals surface area contributed by atoms with E-state index in [0.717, 1.165) is 0 Å². The number of hydrogen-bond acceptors (Lipinski definition) is 6. The Hall–Kier alpha value is -3.45. The zero-order chi connectivity index (χ0) is 19.2. The molecule has 0 aliphatic rings. The molecule has 0 unspecified atom stereocenters. The molecule has 1 heterocycles. The molecule has 0 atom stereocenters. The van der Waals surface area contributed by atoms with Crippen molar-refractivity contribution in [3.05, 3.63) is 82.0 Å². The minimum atomic E-state index is -0.544. The number of carbonyl (C=O) groups excluding carboxylic acids is 3. The molecular formula is C20H15NO5S. The molecule has 0 fully saturated rings. The molecule has 1 aromatic heterocycles. The number of anilines is 1. The van der Waals surface area contributed by atoms with Gasteiger partial charge in [0.2, 0.25) is 0 Å². The number of nitrogens with one attached hydrogen (secondary N) is 1. The van der Waals surface area contributed by atoms with E-state index in [9.17, 15) is 14.4 Å². The molecule has 1 amide bonds. The Morgan fingerprint density at radius 2 is 1.48 bits per heavy atom. The Bertz CT molecular complexity index is 947. The predicted octanol–water partition coefficient (Wildman–Crippen LogP) is 4.01. The highest BCUT2D eigenvalue weighted by Gasteiger charge is 2.11. The Morgan fingerprint density at radius 3 is 2.07 bits per heavy atom. The molecule has 0 saturated carbocycles. The van der Waals surface area contributed by atoms with Crippen molar-refractivity contribution >= 4 is 34.9 Å². The van der Waals surface area contributed by atoms with Crippen LogP contribution < -0.4 is 10.1 Å². The van der Waals surface area contributed by atoms with Gasteiger partial charge in [-0.25, -0.2) is 9.59 Å². The highest BCUT2D eigenvalue weighted by atomic mass is 32.1. The minimum Gasteiger partial charge on any atom is -0.465 e. The highest BCUT2D eigenvalue weighted by Crippen LogP contribution is 2.17. The van der Waals surface area contributed by atoms with Crippen LogP contribution in [-0.2, 0) is 4.74 Å². The number of benzene rings is 2. The second-order valence-electron chi connectivity index (χ2n) is 5.41. The molecule has 3 rings (SSSR count). The summed E-state index contributed by atoms with van der Waals surface area (Å²) in [7, 11) is 1.29. The fourth-order valence-corrected chi connectivity index (χ4v) is 2.85. The van der Waals surface area contributed by atoms with Crippen molar-refractivity contribution in [3.8, 4) is 5.75 Å².